The predicted molar refractivity (Wildman–Crippen MR) is 134 cm³/mol. The molecule has 0 radical (unpaired) electrons. The SMILES string of the molecule is N#Cc1ccc(C(=O)N/N=C\c2ccc(OCc3cccc4ccccc34)c(I)c2)c(F)c1. The number of hydrogen-bond acceptors (Lipinski definition) is 4. The van der Waals surface area contributed by atoms with Gasteiger partial charge in [0.25, 0.3) is 5.91 Å². The van der Waals surface area contributed by atoms with Crippen LogP contribution in [0.25, 0.3) is 10.8 Å². The lowest BCUT2D eigenvalue weighted by molar-refractivity contribution is 0.0951. The second kappa shape index (κ2) is 10.2. The van der Waals surface area contributed by atoms with E-state index in [0.717, 1.165) is 31.9 Å². The first kappa shape index (κ1) is 22.4. The lowest BCUT2D eigenvalue weighted by atomic mass is 10.1. The minimum absolute atomic E-state index is 0.143. The second-order valence-electron chi connectivity index (χ2n) is 7.12. The van der Waals surface area contributed by atoms with Crippen LogP contribution in [0.5, 0.6) is 5.75 Å². The van der Waals surface area contributed by atoms with Gasteiger partial charge in [0.15, 0.2) is 0 Å². The molecule has 7 heteroatoms. The third-order valence-electron chi connectivity index (χ3n) is 4.94. The summed E-state index contributed by atoms with van der Waals surface area (Å²) in [6.45, 7) is 0.441. The summed E-state index contributed by atoms with van der Waals surface area (Å²) in [5.41, 5.74) is 4.11. The molecule has 0 bridgehead atoms. The van der Waals surface area contributed by atoms with Crippen LogP contribution < -0.4 is 10.2 Å². The van der Waals surface area contributed by atoms with Crippen LogP contribution in [-0.2, 0) is 6.61 Å². The predicted octanol–water partition coefficient (Wildman–Crippen LogP) is 5.80. The second-order valence-corrected chi connectivity index (χ2v) is 8.28. The van der Waals surface area contributed by atoms with E-state index in [4.69, 9.17) is 10.00 Å². The van der Waals surface area contributed by atoms with Crippen molar-refractivity contribution in [3.63, 3.8) is 0 Å². The van der Waals surface area contributed by atoms with E-state index >= 15 is 0 Å². The quantitative estimate of drug-likeness (QED) is 0.188. The van der Waals surface area contributed by atoms with Crippen molar-refractivity contribution in [2.75, 3.05) is 0 Å². The number of halogens is 2. The van der Waals surface area contributed by atoms with E-state index in [2.05, 4.69) is 57.4 Å². The van der Waals surface area contributed by atoms with Crippen LogP contribution in [0.4, 0.5) is 4.39 Å². The molecule has 33 heavy (non-hydrogen) atoms. The number of hydrazone groups is 1. The van der Waals surface area contributed by atoms with Gasteiger partial charge in [-0.3, -0.25) is 4.79 Å². The van der Waals surface area contributed by atoms with Gasteiger partial charge in [-0.05, 0) is 80.9 Å². The maximum Gasteiger partial charge on any atom is 0.274 e. The molecule has 0 atom stereocenters. The summed E-state index contributed by atoms with van der Waals surface area (Å²) in [4.78, 5) is 12.1. The van der Waals surface area contributed by atoms with Gasteiger partial charge in [-0.25, -0.2) is 9.82 Å². The number of carbonyl (C=O) groups excluding carboxylic acids is 1. The molecule has 0 aromatic heterocycles. The third kappa shape index (κ3) is 5.35. The zero-order valence-electron chi connectivity index (χ0n) is 17.3. The molecule has 1 N–H and O–H groups in total. The first-order valence-electron chi connectivity index (χ1n) is 9.97. The first-order chi connectivity index (χ1) is 16.0. The lowest BCUT2D eigenvalue weighted by Gasteiger charge is -2.11. The number of rotatable bonds is 6. The van der Waals surface area contributed by atoms with Crippen LogP contribution in [0.3, 0.4) is 0 Å². The summed E-state index contributed by atoms with van der Waals surface area (Å²) in [5.74, 6) is -0.730. The van der Waals surface area contributed by atoms with Crippen LogP contribution in [0, 0.1) is 20.7 Å². The highest BCUT2D eigenvalue weighted by atomic mass is 127. The molecule has 0 aliphatic heterocycles. The summed E-state index contributed by atoms with van der Waals surface area (Å²) < 4.78 is 20.9. The highest BCUT2D eigenvalue weighted by Gasteiger charge is 2.11. The normalized spacial score (nSPS) is 10.8. The van der Waals surface area contributed by atoms with Crippen molar-refractivity contribution in [3.05, 3.63) is 111 Å². The van der Waals surface area contributed by atoms with Gasteiger partial charge >= 0.3 is 0 Å². The molecule has 0 saturated carbocycles. The minimum Gasteiger partial charge on any atom is -0.488 e. The van der Waals surface area contributed by atoms with E-state index in [1.54, 1.807) is 0 Å². The molecule has 162 valence electrons. The fraction of sp³-hybridized carbons (Fsp3) is 0.0385. The molecule has 5 nitrogen and oxygen atoms in total. The van der Waals surface area contributed by atoms with Gasteiger partial charge in [-0.15, -0.1) is 0 Å². The van der Waals surface area contributed by atoms with E-state index in [1.165, 1.54) is 23.7 Å². The molecular weight excluding hydrogens is 532 g/mol. The largest absolute Gasteiger partial charge is 0.488 e. The van der Waals surface area contributed by atoms with E-state index in [-0.39, 0.29) is 11.1 Å². The Hall–Kier alpha value is -3.77. The third-order valence-corrected chi connectivity index (χ3v) is 5.78. The molecular formula is C26H17FIN3O2. The molecule has 0 aliphatic carbocycles. The van der Waals surface area contributed by atoms with Crippen molar-refractivity contribution in [1.29, 1.82) is 5.26 Å². The lowest BCUT2D eigenvalue weighted by Crippen LogP contribution is -2.19. The highest BCUT2D eigenvalue weighted by molar-refractivity contribution is 14.1. The van der Waals surface area contributed by atoms with Gasteiger partial charge in [0.2, 0.25) is 0 Å². The minimum atomic E-state index is -0.774. The van der Waals surface area contributed by atoms with Crippen molar-refractivity contribution in [2.45, 2.75) is 6.61 Å². The molecule has 0 spiro atoms. The number of nitrogens with one attached hydrogen (secondary N) is 1. The van der Waals surface area contributed by atoms with Gasteiger partial charge in [-0.1, -0.05) is 42.5 Å². The smallest absolute Gasteiger partial charge is 0.274 e. The Labute approximate surface area is 203 Å². The molecule has 4 rings (SSSR count). The number of ether oxygens (including phenoxy) is 1. The number of benzene rings is 4. The first-order valence-corrected chi connectivity index (χ1v) is 11.0. The number of hydrogen-bond donors (Lipinski definition) is 1. The average molecular weight is 549 g/mol. The number of carbonyl (C=O) groups is 1. The van der Waals surface area contributed by atoms with Crippen LogP contribution in [0.2, 0.25) is 0 Å². The number of nitriles is 1. The summed E-state index contributed by atoms with van der Waals surface area (Å²) in [7, 11) is 0. The van der Waals surface area contributed by atoms with E-state index in [1.807, 2.05) is 42.5 Å². The molecule has 0 unspecified atom stereocenters. The van der Waals surface area contributed by atoms with E-state index in [0.29, 0.717) is 6.61 Å². The Morgan fingerprint density at radius 2 is 1.91 bits per heavy atom. The Balaban J connectivity index is 1.39. The molecule has 0 fully saturated rings. The van der Waals surface area contributed by atoms with Crippen molar-refractivity contribution in [3.8, 4) is 11.8 Å². The van der Waals surface area contributed by atoms with Gasteiger partial charge in [0, 0.05) is 0 Å². The van der Waals surface area contributed by atoms with Gasteiger partial charge in [0.05, 0.1) is 27.0 Å². The maximum absolute atomic E-state index is 13.9. The molecule has 0 aliphatic rings. The van der Waals surface area contributed by atoms with Gasteiger partial charge in [-0.2, -0.15) is 10.4 Å². The van der Waals surface area contributed by atoms with Gasteiger partial charge < -0.3 is 4.74 Å². The summed E-state index contributed by atoms with van der Waals surface area (Å²) in [6, 6.07) is 25.3. The van der Waals surface area contributed by atoms with E-state index in [9.17, 15) is 9.18 Å². The Kier molecular flexibility index (Phi) is 6.95. The summed E-state index contributed by atoms with van der Waals surface area (Å²) in [6.07, 6.45) is 1.47. The Bertz CT molecular complexity index is 1410. The fourth-order valence-corrected chi connectivity index (χ4v) is 3.98. The van der Waals surface area contributed by atoms with Crippen molar-refractivity contribution in [2.24, 2.45) is 5.10 Å². The van der Waals surface area contributed by atoms with Crippen molar-refractivity contribution < 1.29 is 13.9 Å². The molecule has 0 saturated heterocycles. The van der Waals surface area contributed by atoms with E-state index < -0.39 is 11.7 Å². The zero-order chi connectivity index (χ0) is 23.2. The average Bonchev–Trinajstić information content (AvgIpc) is 2.83. The van der Waals surface area contributed by atoms with Crippen LogP contribution >= 0.6 is 22.6 Å². The summed E-state index contributed by atoms with van der Waals surface area (Å²) >= 11 is 2.18. The van der Waals surface area contributed by atoms with Crippen molar-refractivity contribution in [1.82, 2.24) is 5.43 Å². The number of nitrogens with zero attached hydrogens (tertiary/aromatic N) is 2. The molecule has 0 heterocycles. The van der Waals surface area contributed by atoms with Gasteiger partial charge in [0.1, 0.15) is 18.2 Å². The van der Waals surface area contributed by atoms with Crippen LogP contribution in [0.15, 0.2) is 84.0 Å². The Morgan fingerprint density at radius 3 is 2.70 bits per heavy atom. The standard InChI is InChI=1S/C26H17FIN3O2/c27-23-12-17(14-29)8-10-22(23)26(32)31-30-15-18-9-11-25(24(28)13-18)33-16-20-6-3-5-19-4-1-2-7-21(19)20/h1-13,15H,16H2,(H,31,32)/b30-15-. The molecule has 4 aromatic rings. The zero-order valence-corrected chi connectivity index (χ0v) is 19.4. The number of fused-ring (bicyclic) bond motifs is 1. The highest BCUT2D eigenvalue weighted by Crippen LogP contribution is 2.25. The van der Waals surface area contributed by atoms with Crippen molar-refractivity contribution >= 4 is 45.5 Å². The monoisotopic (exact) mass is 549 g/mol. The molecule has 1 amide bonds. The maximum atomic E-state index is 13.9. The summed E-state index contributed by atoms with van der Waals surface area (Å²) in [5, 5.41) is 15.0. The van der Waals surface area contributed by atoms with Crippen LogP contribution in [-0.4, -0.2) is 12.1 Å². The molecule has 4 aromatic carbocycles. The number of amides is 1. The topological polar surface area (TPSA) is 74.5 Å². The Morgan fingerprint density at radius 1 is 1.09 bits per heavy atom. The fourth-order valence-electron chi connectivity index (χ4n) is 3.28. The van der Waals surface area contributed by atoms with Crippen LogP contribution in [0.1, 0.15) is 27.0 Å².